The van der Waals surface area contributed by atoms with Gasteiger partial charge in [-0.15, -0.1) is 0 Å². The molecule has 1 saturated heterocycles. The van der Waals surface area contributed by atoms with Crippen molar-refractivity contribution in [3.05, 3.63) is 65.7 Å². The van der Waals surface area contributed by atoms with Gasteiger partial charge in [0.15, 0.2) is 0 Å². The number of ether oxygens (including phenoxy) is 2. The number of carbonyl (C=O) groups is 3. The van der Waals surface area contributed by atoms with Crippen molar-refractivity contribution >= 4 is 29.2 Å². The van der Waals surface area contributed by atoms with Gasteiger partial charge in [0.1, 0.15) is 5.75 Å². The lowest BCUT2D eigenvalue weighted by Crippen LogP contribution is -2.14. The summed E-state index contributed by atoms with van der Waals surface area (Å²) in [5.41, 5.74) is 2.65. The van der Waals surface area contributed by atoms with Crippen molar-refractivity contribution in [3.8, 4) is 5.75 Å². The van der Waals surface area contributed by atoms with Gasteiger partial charge >= 0.3 is 5.97 Å². The average molecular weight is 394 g/mol. The monoisotopic (exact) mass is 394 g/mol. The summed E-state index contributed by atoms with van der Waals surface area (Å²) in [6.07, 6.45) is 3.17. The second kappa shape index (κ2) is 9.66. The van der Waals surface area contributed by atoms with Crippen molar-refractivity contribution in [2.24, 2.45) is 0 Å². The zero-order valence-electron chi connectivity index (χ0n) is 16.1. The van der Waals surface area contributed by atoms with E-state index >= 15 is 0 Å². The Morgan fingerprint density at radius 1 is 0.966 bits per heavy atom. The molecule has 2 N–H and O–H groups in total. The highest BCUT2D eigenvalue weighted by Crippen LogP contribution is 2.18. The normalized spacial score (nSPS) is 13.3. The number of esters is 1. The number of hydrogen-bond donors (Lipinski definition) is 2. The fourth-order valence-corrected chi connectivity index (χ4v) is 2.85. The van der Waals surface area contributed by atoms with Crippen molar-refractivity contribution < 1.29 is 23.9 Å². The summed E-state index contributed by atoms with van der Waals surface area (Å²) < 4.78 is 10.3. The molecule has 1 fully saturated rings. The van der Waals surface area contributed by atoms with E-state index in [2.05, 4.69) is 10.6 Å². The number of carbonyl (C=O) groups excluding carboxylic acids is 3. The van der Waals surface area contributed by atoms with Crippen LogP contribution in [-0.2, 0) is 14.3 Å². The van der Waals surface area contributed by atoms with Crippen molar-refractivity contribution in [2.45, 2.75) is 19.8 Å². The van der Waals surface area contributed by atoms with Crippen LogP contribution in [0, 0.1) is 0 Å². The van der Waals surface area contributed by atoms with E-state index in [4.69, 9.17) is 9.47 Å². The first-order valence-corrected chi connectivity index (χ1v) is 9.28. The molecule has 1 heterocycles. The summed E-state index contributed by atoms with van der Waals surface area (Å²) >= 11 is 0. The molecular weight excluding hydrogens is 372 g/mol. The minimum Gasteiger partial charge on any atom is -0.427 e. The Morgan fingerprint density at radius 3 is 2.28 bits per heavy atom. The number of benzene rings is 2. The molecule has 0 aliphatic carbocycles. The van der Waals surface area contributed by atoms with Crippen LogP contribution in [0.25, 0.3) is 0 Å². The van der Waals surface area contributed by atoms with E-state index in [1.807, 2.05) is 0 Å². The Bertz CT molecular complexity index is 926. The van der Waals surface area contributed by atoms with Crippen LogP contribution in [0.3, 0.4) is 0 Å². The molecule has 2 amide bonds. The summed E-state index contributed by atoms with van der Waals surface area (Å²) in [7, 11) is 0. The standard InChI is InChI=1S/C22H22N2O5/c1-15(25)29-20-4-2-3-17(14-20)22(27)24-19-7-5-18(6-8-19)23-21(26)13-16-9-11-28-12-10-16/h2-8,13-14H,9-12H2,1H3,(H,23,26)(H,24,27). The SMILES string of the molecule is CC(=O)Oc1cccc(C(=O)Nc2ccc(NC(=O)C=C3CCOCC3)cc2)c1. The molecule has 1 aliphatic heterocycles. The molecule has 0 radical (unpaired) electrons. The molecule has 150 valence electrons. The Hall–Kier alpha value is -3.45. The van der Waals surface area contributed by atoms with E-state index in [1.54, 1.807) is 48.5 Å². The van der Waals surface area contributed by atoms with Crippen molar-refractivity contribution in [2.75, 3.05) is 23.8 Å². The third-order valence-electron chi connectivity index (χ3n) is 4.24. The number of anilines is 2. The fraction of sp³-hybridized carbons (Fsp3) is 0.227. The molecule has 7 nitrogen and oxygen atoms in total. The molecule has 1 aliphatic rings. The highest BCUT2D eigenvalue weighted by molar-refractivity contribution is 6.05. The highest BCUT2D eigenvalue weighted by atomic mass is 16.5. The molecule has 29 heavy (non-hydrogen) atoms. The minimum atomic E-state index is -0.451. The Morgan fingerprint density at radius 2 is 1.62 bits per heavy atom. The van der Waals surface area contributed by atoms with Crippen LogP contribution < -0.4 is 15.4 Å². The predicted molar refractivity (Wildman–Crippen MR) is 109 cm³/mol. The van der Waals surface area contributed by atoms with Gasteiger partial charge in [0.05, 0.1) is 13.2 Å². The lowest BCUT2D eigenvalue weighted by atomic mass is 10.1. The van der Waals surface area contributed by atoms with E-state index in [-0.39, 0.29) is 11.8 Å². The van der Waals surface area contributed by atoms with E-state index in [0.717, 1.165) is 18.4 Å². The lowest BCUT2D eigenvalue weighted by Gasteiger charge is -2.14. The molecule has 0 bridgehead atoms. The van der Waals surface area contributed by atoms with Gasteiger partial charge in [-0.25, -0.2) is 0 Å². The van der Waals surface area contributed by atoms with E-state index in [0.29, 0.717) is 35.9 Å². The molecule has 0 spiro atoms. The van der Waals surface area contributed by atoms with Gasteiger partial charge in [-0.3, -0.25) is 14.4 Å². The van der Waals surface area contributed by atoms with Crippen LogP contribution in [0.5, 0.6) is 5.75 Å². The zero-order chi connectivity index (χ0) is 20.6. The van der Waals surface area contributed by atoms with Gasteiger partial charge in [0, 0.05) is 29.9 Å². The van der Waals surface area contributed by atoms with Crippen molar-refractivity contribution in [1.82, 2.24) is 0 Å². The Labute approximate surface area is 168 Å². The van der Waals surface area contributed by atoms with Gasteiger partial charge in [-0.1, -0.05) is 11.6 Å². The summed E-state index contributed by atoms with van der Waals surface area (Å²) in [4.78, 5) is 35.5. The third-order valence-corrected chi connectivity index (χ3v) is 4.24. The average Bonchev–Trinajstić information content (AvgIpc) is 2.70. The molecular formula is C22H22N2O5. The van der Waals surface area contributed by atoms with Crippen LogP contribution >= 0.6 is 0 Å². The summed E-state index contributed by atoms with van der Waals surface area (Å²) in [6.45, 7) is 2.60. The number of amides is 2. The van der Waals surface area contributed by atoms with Crippen LogP contribution in [0.1, 0.15) is 30.1 Å². The minimum absolute atomic E-state index is 0.180. The van der Waals surface area contributed by atoms with Crippen molar-refractivity contribution in [3.63, 3.8) is 0 Å². The molecule has 0 unspecified atom stereocenters. The van der Waals surface area contributed by atoms with Crippen LogP contribution in [-0.4, -0.2) is 31.0 Å². The number of nitrogens with one attached hydrogen (secondary N) is 2. The van der Waals surface area contributed by atoms with Gasteiger partial charge in [-0.2, -0.15) is 0 Å². The van der Waals surface area contributed by atoms with Crippen LogP contribution in [0.15, 0.2) is 60.2 Å². The fourth-order valence-electron chi connectivity index (χ4n) is 2.85. The van der Waals surface area contributed by atoms with Crippen LogP contribution in [0.2, 0.25) is 0 Å². The maximum Gasteiger partial charge on any atom is 0.308 e. The van der Waals surface area contributed by atoms with Gasteiger partial charge in [-0.05, 0) is 55.3 Å². The van der Waals surface area contributed by atoms with E-state index in [1.165, 1.54) is 13.0 Å². The summed E-state index contributed by atoms with van der Waals surface area (Å²) in [5.74, 6) is -0.657. The molecule has 3 rings (SSSR count). The van der Waals surface area contributed by atoms with Gasteiger partial charge in [0.2, 0.25) is 5.91 Å². The summed E-state index contributed by atoms with van der Waals surface area (Å²) in [6, 6.07) is 13.2. The molecule has 2 aromatic rings. The second-order valence-electron chi connectivity index (χ2n) is 6.56. The quantitative estimate of drug-likeness (QED) is 0.460. The molecule has 7 heteroatoms. The van der Waals surface area contributed by atoms with Gasteiger partial charge < -0.3 is 20.1 Å². The molecule has 0 saturated carbocycles. The highest BCUT2D eigenvalue weighted by Gasteiger charge is 2.10. The molecule has 0 atom stereocenters. The first-order valence-electron chi connectivity index (χ1n) is 9.28. The Balaban J connectivity index is 1.58. The molecule has 0 aromatic heterocycles. The van der Waals surface area contributed by atoms with E-state index < -0.39 is 5.97 Å². The number of hydrogen-bond acceptors (Lipinski definition) is 5. The number of rotatable bonds is 5. The largest absolute Gasteiger partial charge is 0.427 e. The maximum absolute atomic E-state index is 12.4. The van der Waals surface area contributed by atoms with E-state index in [9.17, 15) is 14.4 Å². The predicted octanol–water partition coefficient (Wildman–Crippen LogP) is 3.54. The first kappa shape index (κ1) is 20.3. The molecule has 2 aromatic carbocycles. The third kappa shape index (κ3) is 6.29. The zero-order valence-corrected chi connectivity index (χ0v) is 16.1. The van der Waals surface area contributed by atoms with Crippen LogP contribution in [0.4, 0.5) is 11.4 Å². The summed E-state index contributed by atoms with van der Waals surface area (Å²) in [5, 5.41) is 5.58. The maximum atomic E-state index is 12.4. The smallest absolute Gasteiger partial charge is 0.308 e. The second-order valence-corrected chi connectivity index (χ2v) is 6.56. The van der Waals surface area contributed by atoms with Crippen molar-refractivity contribution in [1.29, 1.82) is 0 Å². The van der Waals surface area contributed by atoms with Gasteiger partial charge in [0.25, 0.3) is 5.91 Å². The topological polar surface area (TPSA) is 93.7 Å². The lowest BCUT2D eigenvalue weighted by molar-refractivity contribution is -0.131. The first-order chi connectivity index (χ1) is 14.0. The Kier molecular flexibility index (Phi) is 6.76.